The number of nitrogens with one attached hydrogen (secondary N) is 1. The maximum absolute atomic E-state index is 9.15. The van der Waals surface area contributed by atoms with E-state index in [9.17, 15) is 0 Å². The SMILES string of the molecule is CC(C)(C)C1(Cc2nc[nH]n2)OCC(CO)O1. The van der Waals surface area contributed by atoms with Gasteiger partial charge in [0.2, 0.25) is 0 Å². The van der Waals surface area contributed by atoms with E-state index in [4.69, 9.17) is 14.6 Å². The zero-order valence-corrected chi connectivity index (χ0v) is 10.4. The van der Waals surface area contributed by atoms with Gasteiger partial charge < -0.3 is 14.6 Å². The summed E-state index contributed by atoms with van der Waals surface area (Å²) >= 11 is 0. The number of H-pyrrole nitrogens is 1. The van der Waals surface area contributed by atoms with Crippen molar-refractivity contribution < 1.29 is 14.6 Å². The summed E-state index contributed by atoms with van der Waals surface area (Å²) in [4.78, 5) is 4.10. The summed E-state index contributed by atoms with van der Waals surface area (Å²) < 4.78 is 11.7. The molecule has 6 heteroatoms. The number of ether oxygens (including phenoxy) is 2. The van der Waals surface area contributed by atoms with Gasteiger partial charge in [-0.2, -0.15) is 5.10 Å². The van der Waals surface area contributed by atoms with Crippen LogP contribution in [0.4, 0.5) is 0 Å². The molecule has 1 aromatic heterocycles. The molecule has 1 aliphatic rings. The molecule has 0 saturated carbocycles. The van der Waals surface area contributed by atoms with E-state index in [1.54, 1.807) is 0 Å². The Balaban J connectivity index is 2.20. The van der Waals surface area contributed by atoms with E-state index < -0.39 is 5.79 Å². The predicted octanol–water partition coefficient (Wildman–Crippen LogP) is 0.497. The molecule has 96 valence electrons. The van der Waals surface area contributed by atoms with Gasteiger partial charge in [-0.3, -0.25) is 5.10 Å². The Morgan fingerprint density at radius 2 is 2.35 bits per heavy atom. The Kier molecular flexibility index (Phi) is 3.20. The van der Waals surface area contributed by atoms with Crippen molar-refractivity contribution in [3.8, 4) is 0 Å². The van der Waals surface area contributed by atoms with Crippen LogP contribution < -0.4 is 0 Å². The molecule has 0 aromatic carbocycles. The van der Waals surface area contributed by atoms with Gasteiger partial charge in [-0.05, 0) is 0 Å². The molecule has 2 heterocycles. The smallest absolute Gasteiger partial charge is 0.180 e. The maximum Gasteiger partial charge on any atom is 0.180 e. The van der Waals surface area contributed by atoms with Crippen LogP contribution in [0.5, 0.6) is 0 Å². The molecule has 17 heavy (non-hydrogen) atoms. The quantitative estimate of drug-likeness (QED) is 0.805. The van der Waals surface area contributed by atoms with Crippen molar-refractivity contribution in [3.05, 3.63) is 12.2 Å². The molecule has 1 saturated heterocycles. The second kappa shape index (κ2) is 4.36. The number of rotatable bonds is 3. The number of hydrogen-bond acceptors (Lipinski definition) is 5. The second-order valence-electron chi connectivity index (χ2n) is 5.33. The third kappa shape index (κ3) is 2.34. The average molecular weight is 241 g/mol. The molecule has 1 fully saturated rings. The fraction of sp³-hybridized carbons (Fsp3) is 0.818. The first-order valence-corrected chi connectivity index (χ1v) is 5.74. The maximum atomic E-state index is 9.15. The highest BCUT2D eigenvalue weighted by Gasteiger charge is 2.51. The molecule has 0 bridgehead atoms. The largest absolute Gasteiger partial charge is 0.394 e. The minimum atomic E-state index is -0.775. The first-order chi connectivity index (χ1) is 7.97. The molecule has 1 aromatic rings. The standard InChI is InChI=1S/C11H19N3O3/c1-10(2,3)11(4-9-12-7-13-14-9)16-6-8(5-15)17-11/h7-8,15H,4-6H2,1-3H3,(H,12,13,14). The summed E-state index contributed by atoms with van der Waals surface area (Å²) in [6, 6.07) is 0. The lowest BCUT2D eigenvalue weighted by molar-refractivity contribution is -0.233. The monoisotopic (exact) mass is 241 g/mol. The number of hydrogen-bond donors (Lipinski definition) is 2. The average Bonchev–Trinajstić information content (AvgIpc) is 2.87. The molecular formula is C11H19N3O3. The first-order valence-electron chi connectivity index (χ1n) is 5.74. The third-order valence-corrected chi connectivity index (χ3v) is 3.06. The topological polar surface area (TPSA) is 80.3 Å². The van der Waals surface area contributed by atoms with Crippen molar-refractivity contribution in [1.29, 1.82) is 0 Å². The fourth-order valence-electron chi connectivity index (χ4n) is 1.93. The normalized spacial score (nSPS) is 29.8. The molecule has 1 aliphatic heterocycles. The highest BCUT2D eigenvalue weighted by Crippen LogP contribution is 2.41. The summed E-state index contributed by atoms with van der Waals surface area (Å²) in [5, 5.41) is 15.9. The number of aliphatic hydroxyl groups excluding tert-OH is 1. The summed E-state index contributed by atoms with van der Waals surface area (Å²) in [6.45, 7) is 6.49. The lowest BCUT2D eigenvalue weighted by atomic mass is 9.83. The van der Waals surface area contributed by atoms with Crippen molar-refractivity contribution in [1.82, 2.24) is 15.2 Å². The second-order valence-corrected chi connectivity index (χ2v) is 5.33. The molecule has 2 rings (SSSR count). The summed E-state index contributed by atoms with van der Waals surface area (Å²) in [6.07, 6.45) is 1.73. The minimum Gasteiger partial charge on any atom is -0.394 e. The van der Waals surface area contributed by atoms with Gasteiger partial charge >= 0.3 is 0 Å². The van der Waals surface area contributed by atoms with Crippen LogP contribution in [0.15, 0.2) is 6.33 Å². The zero-order chi connectivity index (χ0) is 12.5. The summed E-state index contributed by atoms with van der Waals surface area (Å²) in [7, 11) is 0. The number of aromatic amines is 1. The van der Waals surface area contributed by atoms with Crippen molar-refractivity contribution in [2.75, 3.05) is 13.2 Å². The number of aliphatic hydroxyl groups is 1. The Labute approximate surface area is 100 Å². The molecule has 0 aliphatic carbocycles. The van der Waals surface area contributed by atoms with Gasteiger partial charge in [0.05, 0.1) is 19.6 Å². The molecular weight excluding hydrogens is 222 g/mol. The number of nitrogens with zero attached hydrogens (tertiary/aromatic N) is 2. The van der Waals surface area contributed by atoms with Gasteiger partial charge in [-0.15, -0.1) is 0 Å². The van der Waals surface area contributed by atoms with Crippen LogP contribution in [0, 0.1) is 5.41 Å². The van der Waals surface area contributed by atoms with Crippen LogP contribution in [-0.4, -0.2) is 45.4 Å². The van der Waals surface area contributed by atoms with E-state index in [1.165, 1.54) is 6.33 Å². The molecule has 2 unspecified atom stereocenters. The van der Waals surface area contributed by atoms with Crippen LogP contribution in [0.25, 0.3) is 0 Å². The zero-order valence-electron chi connectivity index (χ0n) is 10.4. The van der Waals surface area contributed by atoms with Gasteiger partial charge in [-0.25, -0.2) is 4.98 Å². The molecule has 2 atom stereocenters. The summed E-state index contributed by atoms with van der Waals surface area (Å²) in [5.74, 6) is -0.124. The highest BCUT2D eigenvalue weighted by atomic mass is 16.7. The van der Waals surface area contributed by atoms with Gasteiger partial charge in [0.15, 0.2) is 11.6 Å². The van der Waals surface area contributed by atoms with E-state index in [0.29, 0.717) is 18.9 Å². The molecule has 6 nitrogen and oxygen atoms in total. The Morgan fingerprint density at radius 3 is 2.82 bits per heavy atom. The van der Waals surface area contributed by atoms with Gasteiger partial charge in [0.1, 0.15) is 12.4 Å². The van der Waals surface area contributed by atoms with Crippen LogP contribution in [0.1, 0.15) is 26.6 Å². The van der Waals surface area contributed by atoms with Crippen LogP contribution in [0.3, 0.4) is 0 Å². The lowest BCUT2D eigenvalue weighted by Gasteiger charge is -2.39. The Hall–Kier alpha value is -0.980. The van der Waals surface area contributed by atoms with E-state index >= 15 is 0 Å². The summed E-state index contributed by atoms with van der Waals surface area (Å²) in [5.41, 5.74) is -0.225. The van der Waals surface area contributed by atoms with Crippen molar-refractivity contribution in [3.63, 3.8) is 0 Å². The molecule has 0 amide bonds. The van der Waals surface area contributed by atoms with Crippen molar-refractivity contribution >= 4 is 0 Å². The van der Waals surface area contributed by atoms with Gasteiger partial charge in [-0.1, -0.05) is 20.8 Å². The Morgan fingerprint density at radius 1 is 1.59 bits per heavy atom. The van der Waals surface area contributed by atoms with E-state index in [0.717, 1.165) is 0 Å². The van der Waals surface area contributed by atoms with Crippen LogP contribution in [-0.2, 0) is 15.9 Å². The van der Waals surface area contributed by atoms with Gasteiger partial charge in [0, 0.05) is 5.41 Å². The first kappa shape index (κ1) is 12.5. The van der Waals surface area contributed by atoms with Gasteiger partial charge in [0.25, 0.3) is 0 Å². The molecule has 2 N–H and O–H groups in total. The fourth-order valence-corrected chi connectivity index (χ4v) is 1.93. The van der Waals surface area contributed by atoms with Crippen molar-refractivity contribution in [2.24, 2.45) is 5.41 Å². The van der Waals surface area contributed by atoms with E-state index in [2.05, 4.69) is 15.2 Å². The van der Waals surface area contributed by atoms with Crippen molar-refractivity contribution in [2.45, 2.75) is 39.1 Å². The van der Waals surface area contributed by atoms with E-state index in [1.807, 2.05) is 20.8 Å². The van der Waals surface area contributed by atoms with Crippen LogP contribution >= 0.6 is 0 Å². The third-order valence-electron chi connectivity index (χ3n) is 3.06. The predicted molar refractivity (Wildman–Crippen MR) is 60.2 cm³/mol. The lowest BCUT2D eigenvalue weighted by Crippen LogP contribution is -2.47. The minimum absolute atomic E-state index is 0.0359. The van der Waals surface area contributed by atoms with Crippen LogP contribution in [0.2, 0.25) is 0 Å². The Bertz CT molecular complexity index is 361. The molecule has 0 spiro atoms. The highest BCUT2D eigenvalue weighted by molar-refractivity contribution is 4.97. The number of aromatic nitrogens is 3. The van der Waals surface area contributed by atoms with E-state index in [-0.39, 0.29) is 18.1 Å². The molecule has 0 radical (unpaired) electrons.